The number of hydrogen-bond acceptors (Lipinski definition) is 5. The number of hydrogen-bond donors (Lipinski definition) is 0. The van der Waals surface area contributed by atoms with E-state index in [0.29, 0.717) is 18.7 Å². The summed E-state index contributed by atoms with van der Waals surface area (Å²) in [5.41, 5.74) is 3.53. The van der Waals surface area contributed by atoms with Gasteiger partial charge in [-0.25, -0.2) is 0 Å². The fourth-order valence-electron chi connectivity index (χ4n) is 3.50. The number of benzene rings is 1. The van der Waals surface area contributed by atoms with Gasteiger partial charge in [0.15, 0.2) is 0 Å². The van der Waals surface area contributed by atoms with Crippen molar-refractivity contribution < 1.29 is 14.3 Å². The molecular formula is C24H28N2O3. The molecule has 1 unspecified atom stereocenters. The topological polar surface area (TPSA) is 61.3 Å². The minimum Gasteiger partial charge on any atom is -0.493 e. The van der Waals surface area contributed by atoms with Crippen LogP contribution in [0.15, 0.2) is 30.5 Å². The number of carbonyl (C=O) groups is 1. The molecule has 1 aliphatic rings. The average molecular weight is 392 g/mol. The second kappa shape index (κ2) is 9.09. The van der Waals surface area contributed by atoms with Crippen molar-refractivity contribution in [3.05, 3.63) is 52.8 Å². The lowest BCUT2D eigenvalue weighted by Crippen LogP contribution is -2.26. The molecule has 5 nitrogen and oxygen atoms in total. The second-order valence-corrected chi connectivity index (χ2v) is 7.91. The summed E-state index contributed by atoms with van der Waals surface area (Å²) < 4.78 is 11.0. The number of nitrogens with zero attached hydrogens (tertiary/aromatic N) is 2. The van der Waals surface area contributed by atoms with E-state index in [1.165, 1.54) is 5.56 Å². The molecule has 5 heteroatoms. The fourth-order valence-corrected chi connectivity index (χ4v) is 3.50. The molecular weight excluding hydrogens is 364 g/mol. The zero-order valence-electron chi connectivity index (χ0n) is 17.6. The number of fused-ring (bicyclic) bond motifs is 1. The predicted molar refractivity (Wildman–Crippen MR) is 112 cm³/mol. The minimum atomic E-state index is -0.407. The Bertz CT molecular complexity index is 941. The third kappa shape index (κ3) is 4.95. The SMILES string of the molecule is CCCC(C(=O)OCC)c1cc(C#Cc2ccc3c(c2)C(C)(C)CCO3)cnn1. The summed E-state index contributed by atoms with van der Waals surface area (Å²) in [5.74, 6) is 6.65. The Morgan fingerprint density at radius 3 is 2.79 bits per heavy atom. The van der Waals surface area contributed by atoms with Crippen LogP contribution >= 0.6 is 0 Å². The van der Waals surface area contributed by atoms with Crippen LogP contribution in [0.3, 0.4) is 0 Å². The Morgan fingerprint density at radius 1 is 1.24 bits per heavy atom. The molecule has 1 aromatic carbocycles. The van der Waals surface area contributed by atoms with Crippen molar-refractivity contribution >= 4 is 5.97 Å². The lowest BCUT2D eigenvalue weighted by atomic mass is 9.79. The molecule has 0 aliphatic carbocycles. The van der Waals surface area contributed by atoms with Gasteiger partial charge >= 0.3 is 5.97 Å². The van der Waals surface area contributed by atoms with Gasteiger partial charge in [-0.3, -0.25) is 4.79 Å². The molecule has 0 amide bonds. The van der Waals surface area contributed by atoms with Crippen molar-refractivity contribution in [1.82, 2.24) is 10.2 Å². The van der Waals surface area contributed by atoms with Gasteiger partial charge < -0.3 is 9.47 Å². The maximum absolute atomic E-state index is 12.3. The van der Waals surface area contributed by atoms with Crippen LogP contribution in [0, 0.1) is 11.8 Å². The molecule has 0 fully saturated rings. The molecule has 0 saturated heterocycles. The van der Waals surface area contributed by atoms with Gasteiger partial charge in [0, 0.05) is 16.7 Å². The molecule has 0 N–H and O–H groups in total. The van der Waals surface area contributed by atoms with E-state index in [1.807, 2.05) is 25.1 Å². The first-order valence-corrected chi connectivity index (χ1v) is 10.2. The van der Waals surface area contributed by atoms with Gasteiger partial charge in [0.1, 0.15) is 11.7 Å². The van der Waals surface area contributed by atoms with Gasteiger partial charge in [0.2, 0.25) is 0 Å². The molecule has 0 radical (unpaired) electrons. The molecule has 1 aromatic heterocycles. The van der Waals surface area contributed by atoms with E-state index in [-0.39, 0.29) is 11.4 Å². The Kier molecular flexibility index (Phi) is 6.53. The summed E-state index contributed by atoms with van der Waals surface area (Å²) >= 11 is 0. The molecule has 2 aromatic rings. The number of esters is 1. The van der Waals surface area contributed by atoms with Crippen LogP contribution in [0.1, 0.15) is 75.3 Å². The van der Waals surface area contributed by atoms with Crippen LogP contribution < -0.4 is 4.74 Å². The van der Waals surface area contributed by atoms with Crippen LogP contribution in [0.5, 0.6) is 5.75 Å². The first-order chi connectivity index (χ1) is 13.9. The first-order valence-electron chi connectivity index (χ1n) is 10.2. The second-order valence-electron chi connectivity index (χ2n) is 7.91. The maximum atomic E-state index is 12.3. The van der Waals surface area contributed by atoms with Crippen molar-refractivity contribution in [2.24, 2.45) is 0 Å². The highest BCUT2D eigenvalue weighted by Gasteiger charge is 2.28. The summed E-state index contributed by atoms with van der Waals surface area (Å²) in [5, 5.41) is 8.21. The Balaban J connectivity index is 1.86. The standard InChI is InChI=1S/C24H28N2O3/c1-5-7-19(23(27)28-6-2)21-15-18(16-25-26-21)9-8-17-10-11-22-20(14-17)24(3,4)12-13-29-22/h10-11,14-16,19H,5-7,12-13H2,1-4H3. The number of ether oxygens (including phenoxy) is 2. The quantitative estimate of drug-likeness (QED) is 0.558. The molecule has 29 heavy (non-hydrogen) atoms. The van der Waals surface area contributed by atoms with Gasteiger partial charge in [-0.1, -0.05) is 39.0 Å². The number of carbonyl (C=O) groups excluding carboxylic acids is 1. The predicted octanol–water partition coefficient (Wildman–Crippen LogP) is 4.38. The van der Waals surface area contributed by atoms with Gasteiger partial charge in [-0.05, 0) is 49.4 Å². The van der Waals surface area contributed by atoms with Crippen LogP contribution in [0.25, 0.3) is 0 Å². The van der Waals surface area contributed by atoms with Crippen molar-refractivity contribution in [2.75, 3.05) is 13.2 Å². The fraction of sp³-hybridized carbons (Fsp3) is 0.458. The summed E-state index contributed by atoms with van der Waals surface area (Å²) in [6, 6.07) is 7.91. The molecule has 1 atom stereocenters. The van der Waals surface area contributed by atoms with E-state index in [2.05, 4.69) is 42.0 Å². The summed E-state index contributed by atoms with van der Waals surface area (Å²) in [6.45, 7) is 9.39. The monoisotopic (exact) mass is 392 g/mol. The summed E-state index contributed by atoms with van der Waals surface area (Å²) in [7, 11) is 0. The zero-order chi connectivity index (χ0) is 20.9. The highest BCUT2D eigenvalue weighted by Crippen LogP contribution is 2.38. The summed E-state index contributed by atoms with van der Waals surface area (Å²) in [4.78, 5) is 12.3. The Labute approximate surface area is 172 Å². The van der Waals surface area contributed by atoms with Crippen molar-refractivity contribution in [1.29, 1.82) is 0 Å². The van der Waals surface area contributed by atoms with Crippen LogP contribution in [0.4, 0.5) is 0 Å². The van der Waals surface area contributed by atoms with E-state index in [0.717, 1.165) is 36.3 Å². The molecule has 0 spiro atoms. The summed E-state index contributed by atoms with van der Waals surface area (Å²) in [6.07, 6.45) is 4.13. The van der Waals surface area contributed by atoms with Gasteiger partial charge in [-0.2, -0.15) is 10.2 Å². The molecule has 3 rings (SSSR count). The van der Waals surface area contributed by atoms with E-state index < -0.39 is 5.92 Å². The van der Waals surface area contributed by atoms with E-state index in [1.54, 1.807) is 13.1 Å². The molecule has 0 bridgehead atoms. The van der Waals surface area contributed by atoms with Crippen LogP contribution in [-0.2, 0) is 14.9 Å². The highest BCUT2D eigenvalue weighted by atomic mass is 16.5. The largest absolute Gasteiger partial charge is 0.493 e. The lowest BCUT2D eigenvalue weighted by Gasteiger charge is -2.32. The van der Waals surface area contributed by atoms with Crippen LogP contribution in [0.2, 0.25) is 0 Å². The lowest BCUT2D eigenvalue weighted by molar-refractivity contribution is -0.145. The zero-order valence-corrected chi connectivity index (χ0v) is 17.6. The molecule has 2 heterocycles. The molecule has 0 saturated carbocycles. The van der Waals surface area contributed by atoms with E-state index in [4.69, 9.17) is 9.47 Å². The van der Waals surface area contributed by atoms with Crippen molar-refractivity contribution in [2.45, 2.75) is 58.3 Å². The third-order valence-corrected chi connectivity index (χ3v) is 5.22. The normalized spacial score (nSPS) is 15.3. The maximum Gasteiger partial charge on any atom is 0.315 e. The highest BCUT2D eigenvalue weighted by molar-refractivity contribution is 5.77. The van der Waals surface area contributed by atoms with Gasteiger partial charge in [-0.15, -0.1) is 0 Å². The van der Waals surface area contributed by atoms with Gasteiger partial charge in [0.25, 0.3) is 0 Å². The number of rotatable bonds is 5. The van der Waals surface area contributed by atoms with Crippen molar-refractivity contribution in [3.8, 4) is 17.6 Å². The van der Waals surface area contributed by atoms with Crippen LogP contribution in [-0.4, -0.2) is 29.4 Å². The first kappa shape index (κ1) is 20.9. The Morgan fingerprint density at radius 2 is 2.03 bits per heavy atom. The smallest absolute Gasteiger partial charge is 0.315 e. The van der Waals surface area contributed by atoms with E-state index >= 15 is 0 Å². The minimum absolute atomic E-state index is 0.0731. The third-order valence-electron chi connectivity index (χ3n) is 5.22. The molecule has 1 aliphatic heterocycles. The Hall–Kier alpha value is -2.87. The average Bonchev–Trinajstić information content (AvgIpc) is 2.71. The molecule has 152 valence electrons. The van der Waals surface area contributed by atoms with Crippen molar-refractivity contribution in [3.63, 3.8) is 0 Å². The number of aromatic nitrogens is 2. The van der Waals surface area contributed by atoms with Gasteiger partial charge in [0.05, 0.1) is 25.1 Å². The van der Waals surface area contributed by atoms with E-state index in [9.17, 15) is 4.79 Å².